The van der Waals surface area contributed by atoms with Gasteiger partial charge in [0.2, 0.25) is 0 Å². The molecule has 0 aliphatic carbocycles. The van der Waals surface area contributed by atoms with Crippen molar-refractivity contribution in [3.63, 3.8) is 0 Å². The lowest BCUT2D eigenvalue weighted by molar-refractivity contribution is -0.150. The Kier molecular flexibility index (Phi) is 5.77. The smallest absolute Gasteiger partial charge is 0.309 e. The lowest BCUT2D eigenvalue weighted by atomic mass is 9.94. The third kappa shape index (κ3) is 3.74. The summed E-state index contributed by atoms with van der Waals surface area (Å²) in [5.74, 6) is 0.435. The second-order valence-electron chi connectivity index (χ2n) is 3.43. The molecule has 0 rings (SSSR count). The van der Waals surface area contributed by atoms with Gasteiger partial charge in [0.25, 0.3) is 0 Å². The van der Waals surface area contributed by atoms with Crippen molar-refractivity contribution in [3.8, 4) is 0 Å². The topological polar surface area (TPSA) is 26.3 Å². The number of hydrogen-bond acceptors (Lipinski definition) is 2. The Morgan fingerprint density at radius 3 is 2.25 bits per heavy atom. The van der Waals surface area contributed by atoms with E-state index in [2.05, 4.69) is 13.8 Å². The largest absolute Gasteiger partial charge is 0.465 e. The molecule has 0 N–H and O–H groups in total. The molecule has 0 radical (unpaired) electrons. The van der Waals surface area contributed by atoms with Crippen molar-refractivity contribution in [2.24, 2.45) is 11.8 Å². The van der Waals surface area contributed by atoms with Crippen LogP contribution in [0, 0.1) is 11.8 Å². The van der Waals surface area contributed by atoms with Crippen LogP contribution < -0.4 is 0 Å². The Labute approximate surface area is 75.3 Å². The molecule has 0 bridgehead atoms. The third-order valence-corrected chi connectivity index (χ3v) is 2.00. The highest BCUT2D eigenvalue weighted by Crippen LogP contribution is 2.16. The monoisotopic (exact) mass is 172 g/mol. The number of ether oxygens (including phenoxy) is 1. The first-order chi connectivity index (χ1) is 5.63. The van der Waals surface area contributed by atoms with Gasteiger partial charge in [0.1, 0.15) is 0 Å². The summed E-state index contributed by atoms with van der Waals surface area (Å²) in [7, 11) is 0. The molecule has 0 spiro atoms. The van der Waals surface area contributed by atoms with E-state index in [0.717, 1.165) is 12.8 Å². The van der Waals surface area contributed by atoms with E-state index in [1.54, 1.807) is 0 Å². The van der Waals surface area contributed by atoms with E-state index in [9.17, 15) is 4.79 Å². The molecule has 72 valence electrons. The summed E-state index contributed by atoms with van der Waals surface area (Å²) in [6.45, 7) is 8.70. The number of rotatable bonds is 5. The first kappa shape index (κ1) is 11.5. The van der Waals surface area contributed by atoms with Crippen LogP contribution in [0.1, 0.15) is 40.5 Å². The maximum Gasteiger partial charge on any atom is 0.309 e. The van der Waals surface area contributed by atoms with Crippen molar-refractivity contribution < 1.29 is 9.53 Å². The molecular weight excluding hydrogens is 152 g/mol. The zero-order valence-electron chi connectivity index (χ0n) is 8.59. The third-order valence-electron chi connectivity index (χ3n) is 2.00. The molecule has 0 aromatic heterocycles. The average Bonchev–Trinajstić information content (AvgIpc) is 2.01. The van der Waals surface area contributed by atoms with Crippen LogP contribution in [0.3, 0.4) is 0 Å². The lowest BCUT2D eigenvalue weighted by Gasteiger charge is -2.16. The van der Waals surface area contributed by atoms with Gasteiger partial charge in [-0.2, -0.15) is 0 Å². The standard InChI is InChI=1S/C10H20O2/c1-5-7-12-10(11)9(6-2)8(3)4/h8-9H,5-7H2,1-4H3. The van der Waals surface area contributed by atoms with Gasteiger partial charge >= 0.3 is 5.97 Å². The molecule has 0 aromatic rings. The maximum absolute atomic E-state index is 11.4. The van der Waals surface area contributed by atoms with Gasteiger partial charge < -0.3 is 4.74 Å². The van der Waals surface area contributed by atoms with Gasteiger partial charge in [-0.3, -0.25) is 4.79 Å². The zero-order chi connectivity index (χ0) is 9.56. The molecule has 0 aliphatic rings. The first-order valence-corrected chi connectivity index (χ1v) is 4.80. The average molecular weight is 172 g/mol. The Hall–Kier alpha value is -0.530. The van der Waals surface area contributed by atoms with Crippen molar-refractivity contribution in [2.75, 3.05) is 6.61 Å². The fraction of sp³-hybridized carbons (Fsp3) is 0.900. The minimum Gasteiger partial charge on any atom is -0.465 e. The fourth-order valence-corrected chi connectivity index (χ4v) is 1.22. The van der Waals surface area contributed by atoms with Gasteiger partial charge in [0.15, 0.2) is 0 Å². The molecule has 0 saturated heterocycles. The Morgan fingerprint density at radius 1 is 1.33 bits per heavy atom. The van der Waals surface area contributed by atoms with E-state index in [-0.39, 0.29) is 11.9 Å². The molecule has 1 unspecified atom stereocenters. The molecule has 0 saturated carbocycles. The molecule has 0 aromatic carbocycles. The molecular formula is C10H20O2. The van der Waals surface area contributed by atoms with Crippen molar-refractivity contribution in [2.45, 2.75) is 40.5 Å². The summed E-state index contributed by atoms with van der Waals surface area (Å²) in [5.41, 5.74) is 0. The quantitative estimate of drug-likeness (QED) is 0.596. The summed E-state index contributed by atoms with van der Waals surface area (Å²) < 4.78 is 5.07. The predicted molar refractivity (Wildman–Crippen MR) is 49.9 cm³/mol. The molecule has 2 nitrogen and oxygen atoms in total. The second-order valence-corrected chi connectivity index (χ2v) is 3.43. The van der Waals surface area contributed by atoms with E-state index in [4.69, 9.17) is 4.74 Å². The number of hydrogen-bond donors (Lipinski definition) is 0. The highest BCUT2D eigenvalue weighted by Gasteiger charge is 2.20. The van der Waals surface area contributed by atoms with Crippen molar-refractivity contribution in [3.05, 3.63) is 0 Å². The summed E-state index contributed by atoms with van der Waals surface area (Å²) >= 11 is 0. The van der Waals surface area contributed by atoms with Crippen LogP contribution >= 0.6 is 0 Å². The number of esters is 1. The Balaban J connectivity index is 3.86. The number of carbonyl (C=O) groups excluding carboxylic acids is 1. The van der Waals surface area contributed by atoms with Crippen LogP contribution in [-0.4, -0.2) is 12.6 Å². The maximum atomic E-state index is 11.4. The predicted octanol–water partition coefficient (Wildman–Crippen LogP) is 2.62. The van der Waals surface area contributed by atoms with Crippen LogP contribution in [0.2, 0.25) is 0 Å². The van der Waals surface area contributed by atoms with E-state index in [1.165, 1.54) is 0 Å². The zero-order valence-corrected chi connectivity index (χ0v) is 8.59. The molecule has 0 amide bonds. The van der Waals surface area contributed by atoms with Gasteiger partial charge in [0.05, 0.1) is 12.5 Å². The molecule has 0 aliphatic heterocycles. The van der Waals surface area contributed by atoms with Crippen molar-refractivity contribution in [1.82, 2.24) is 0 Å². The molecule has 0 heterocycles. The Bertz CT molecular complexity index is 130. The highest BCUT2D eigenvalue weighted by molar-refractivity contribution is 5.72. The van der Waals surface area contributed by atoms with Crippen LogP contribution in [-0.2, 0) is 9.53 Å². The van der Waals surface area contributed by atoms with Crippen LogP contribution in [0.25, 0.3) is 0 Å². The molecule has 12 heavy (non-hydrogen) atoms. The van der Waals surface area contributed by atoms with Crippen molar-refractivity contribution >= 4 is 5.97 Å². The van der Waals surface area contributed by atoms with Crippen LogP contribution in [0.4, 0.5) is 0 Å². The van der Waals surface area contributed by atoms with E-state index < -0.39 is 0 Å². The normalized spacial score (nSPS) is 13.1. The van der Waals surface area contributed by atoms with Crippen molar-refractivity contribution in [1.29, 1.82) is 0 Å². The SMILES string of the molecule is CCCOC(=O)C(CC)C(C)C. The Morgan fingerprint density at radius 2 is 1.92 bits per heavy atom. The summed E-state index contributed by atoms with van der Waals surface area (Å²) in [6, 6.07) is 0. The molecule has 1 atom stereocenters. The molecule has 0 fully saturated rings. The van der Waals surface area contributed by atoms with Gasteiger partial charge in [-0.05, 0) is 18.8 Å². The van der Waals surface area contributed by atoms with Gasteiger partial charge in [0, 0.05) is 0 Å². The first-order valence-electron chi connectivity index (χ1n) is 4.80. The van der Waals surface area contributed by atoms with Crippen LogP contribution in [0.15, 0.2) is 0 Å². The molecule has 2 heteroatoms. The minimum absolute atomic E-state index is 0.0330. The van der Waals surface area contributed by atoms with Gasteiger partial charge in [-0.15, -0.1) is 0 Å². The van der Waals surface area contributed by atoms with E-state index in [1.807, 2.05) is 13.8 Å². The lowest BCUT2D eigenvalue weighted by Crippen LogP contribution is -2.22. The van der Waals surface area contributed by atoms with Crippen LogP contribution in [0.5, 0.6) is 0 Å². The van der Waals surface area contributed by atoms with E-state index >= 15 is 0 Å². The fourth-order valence-electron chi connectivity index (χ4n) is 1.22. The highest BCUT2D eigenvalue weighted by atomic mass is 16.5. The summed E-state index contributed by atoms with van der Waals surface area (Å²) in [4.78, 5) is 11.4. The summed E-state index contributed by atoms with van der Waals surface area (Å²) in [5, 5.41) is 0. The van der Waals surface area contributed by atoms with E-state index in [0.29, 0.717) is 12.5 Å². The minimum atomic E-state index is -0.0330. The second kappa shape index (κ2) is 6.04. The van der Waals surface area contributed by atoms with Gasteiger partial charge in [-0.1, -0.05) is 27.7 Å². The number of carbonyl (C=O) groups is 1. The summed E-state index contributed by atoms with van der Waals surface area (Å²) in [6.07, 6.45) is 1.78. The van der Waals surface area contributed by atoms with Gasteiger partial charge in [-0.25, -0.2) is 0 Å².